The number of hydrogen-bond acceptors (Lipinski definition) is 3. The molecule has 1 heterocycles. The van der Waals surface area contributed by atoms with Crippen LogP contribution in [0.2, 0.25) is 5.02 Å². The van der Waals surface area contributed by atoms with Crippen molar-refractivity contribution in [2.75, 3.05) is 19.7 Å². The third-order valence-corrected chi connectivity index (χ3v) is 3.56. The Kier molecular flexibility index (Phi) is 4.49. The lowest BCUT2D eigenvalue weighted by Gasteiger charge is -2.26. The van der Waals surface area contributed by atoms with Crippen molar-refractivity contribution >= 4 is 11.6 Å². The summed E-state index contributed by atoms with van der Waals surface area (Å²) < 4.78 is 5.73. The largest absolute Gasteiger partial charge is 0.493 e. The first-order chi connectivity index (χ1) is 8.61. The van der Waals surface area contributed by atoms with Crippen molar-refractivity contribution in [3.05, 3.63) is 28.3 Å². The van der Waals surface area contributed by atoms with Crippen molar-refractivity contribution < 1.29 is 4.74 Å². The van der Waals surface area contributed by atoms with Gasteiger partial charge in [-0.15, -0.1) is 0 Å². The fraction of sp³-hybridized carbons (Fsp3) is 0.571. The maximum atomic E-state index is 6.17. The van der Waals surface area contributed by atoms with Gasteiger partial charge in [0.1, 0.15) is 5.75 Å². The fourth-order valence-electron chi connectivity index (χ4n) is 2.37. The number of benzene rings is 1. The number of nitrogens with two attached hydrogens (primary N) is 1. The van der Waals surface area contributed by atoms with Gasteiger partial charge in [0.25, 0.3) is 0 Å². The highest BCUT2D eigenvalue weighted by Gasteiger charge is 2.20. The van der Waals surface area contributed by atoms with Gasteiger partial charge >= 0.3 is 0 Å². The quantitative estimate of drug-likeness (QED) is 0.892. The highest BCUT2D eigenvalue weighted by Crippen LogP contribution is 2.33. The Morgan fingerprint density at radius 2 is 2.22 bits per heavy atom. The molecule has 0 atom stereocenters. The van der Waals surface area contributed by atoms with Crippen molar-refractivity contribution in [1.29, 1.82) is 0 Å². The van der Waals surface area contributed by atoms with Gasteiger partial charge in [-0.05, 0) is 31.5 Å². The molecular weight excluding hydrogens is 248 g/mol. The van der Waals surface area contributed by atoms with Crippen LogP contribution in [0.25, 0.3) is 0 Å². The van der Waals surface area contributed by atoms with E-state index in [9.17, 15) is 0 Å². The molecule has 0 amide bonds. The molecule has 1 aromatic carbocycles. The molecule has 0 bridgehead atoms. The second kappa shape index (κ2) is 5.91. The minimum atomic E-state index is 0.463. The molecule has 0 radical (unpaired) electrons. The lowest BCUT2D eigenvalue weighted by atomic mass is 10.1. The fourth-order valence-corrected chi connectivity index (χ4v) is 2.63. The lowest BCUT2D eigenvalue weighted by molar-refractivity contribution is 0.216. The van der Waals surface area contributed by atoms with E-state index in [2.05, 4.69) is 18.7 Å². The molecule has 0 fully saturated rings. The summed E-state index contributed by atoms with van der Waals surface area (Å²) >= 11 is 6.17. The van der Waals surface area contributed by atoms with Gasteiger partial charge in [0.2, 0.25) is 0 Å². The van der Waals surface area contributed by atoms with Crippen LogP contribution in [0.5, 0.6) is 5.75 Å². The molecule has 0 aliphatic carbocycles. The monoisotopic (exact) mass is 268 g/mol. The number of ether oxygens (including phenoxy) is 1. The molecule has 0 spiro atoms. The molecule has 0 saturated carbocycles. The summed E-state index contributed by atoms with van der Waals surface area (Å²) in [4.78, 5) is 2.34. The smallest absolute Gasteiger partial charge is 0.127 e. The number of fused-ring (bicyclic) bond motifs is 1. The Morgan fingerprint density at radius 3 is 2.89 bits per heavy atom. The average molecular weight is 269 g/mol. The zero-order valence-corrected chi connectivity index (χ0v) is 11.8. The molecule has 2 N–H and O–H groups in total. The molecule has 1 aromatic rings. The summed E-state index contributed by atoms with van der Waals surface area (Å²) in [6.45, 7) is 7.53. The number of rotatable bonds is 5. The summed E-state index contributed by atoms with van der Waals surface area (Å²) in [7, 11) is 0. The summed E-state index contributed by atoms with van der Waals surface area (Å²) in [5.41, 5.74) is 8.07. The van der Waals surface area contributed by atoms with Crippen LogP contribution in [0, 0.1) is 0 Å². The highest BCUT2D eigenvalue weighted by atomic mass is 35.5. The number of nitrogens with zero attached hydrogens (tertiary/aromatic N) is 1. The highest BCUT2D eigenvalue weighted by molar-refractivity contribution is 6.30. The minimum absolute atomic E-state index is 0.463. The maximum absolute atomic E-state index is 6.17. The molecule has 1 aliphatic rings. The van der Waals surface area contributed by atoms with Gasteiger partial charge in [0, 0.05) is 42.7 Å². The van der Waals surface area contributed by atoms with Gasteiger partial charge in [-0.3, -0.25) is 4.90 Å². The van der Waals surface area contributed by atoms with Crippen LogP contribution in [0.1, 0.15) is 25.0 Å². The van der Waals surface area contributed by atoms with Gasteiger partial charge in [-0.1, -0.05) is 11.6 Å². The van der Waals surface area contributed by atoms with E-state index in [0.29, 0.717) is 12.6 Å². The predicted octanol–water partition coefficient (Wildman–Crippen LogP) is 2.44. The molecule has 2 rings (SSSR count). The van der Waals surface area contributed by atoms with Crippen LogP contribution < -0.4 is 10.5 Å². The minimum Gasteiger partial charge on any atom is -0.493 e. The Labute approximate surface area is 114 Å². The van der Waals surface area contributed by atoms with Crippen molar-refractivity contribution in [1.82, 2.24) is 4.90 Å². The first-order valence-corrected chi connectivity index (χ1v) is 6.88. The molecule has 3 nitrogen and oxygen atoms in total. The Bertz CT molecular complexity index is 421. The summed E-state index contributed by atoms with van der Waals surface area (Å²) in [5.74, 6) is 1.03. The van der Waals surface area contributed by atoms with E-state index in [1.54, 1.807) is 0 Å². The zero-order chi connectivity index (χ0) is 13.1. The second-order valence-electron chi connectivity index (χ2n) is 5.00. The number of hydrogen-bond donors (Lipinski definition) is 1. The summed E-state index contributed by atoms with van der Waals surface area (Å²) in [6.07, 6.45) is 0.960. The molecule has 4 heteroatoms. The first-order valence-electron chi connectivity index (χ1n) is 6.50. The molecule has 0 aromatic heterocycles. The lowest BCUT2D eigenvalue weighted by Crippen LogP contribution is -2.34. The first kappa shape index (κ1) is 13.7. The van der Waals surface area contributed by atoms with E-state index in [1.807, 2.05) is 12.1 Å². The van der Waals surface area contributed by atoms with Crippen LogP contribution >= 0.6 is 11.6 Å². The van der Waals surface area contributed by atoms with E-state index in [4.69, 9.17) is 22.1 Å². The van der Waals surface area contributed by atoms with Crippen LogP contribution in [0.3, 0.4) is 0 Å². The van der Waals surface area contributed by atoms with Crippen molar-refractivity contribution in [2.24, 2.45) is 5.73 Å². The van der Waals surface area contributed by atoms with Gasteiger partial charge in [0.05, 0.1) is 6.61 Å². The molecule has 0 unspecified atom stereocenters. The predicted molar refractivity (Wildman–Crippen MR) is 75.3 cm³/mol. The third-order valence-electron chi connectivity index (χ3n) is 3.35. The van der Waals surface area contributed by atoms with Crippen LogP contribution in [0.4, 0.5) is 0 Å². The Hall–Kier alpha value is -0.770. The van der Waals surface area contributed by atoms with Gasteiger partial charge in [-0.25, -0.2) is 0 Å². The van der Waals surface area contributed by atoms with Crippen LogP contribution in [-0.2, 0) is 13.0 Å². The summed E-state index contributed by atoms with van der Waals surface area (Å²) in [5, 5.41) is 0.797. The van der Waals surface area contributed by atoms with E-state index in [0.717, 1.165) is 36.9 Å². The number of halogens is 1. The molecule has 1 aliphatic heterocycles. The maximum Gasteiger partial charge on any atom is 0.127 e. The van der Waals surface area contributed by atoms with Gasteiger partial charge in [0.15, 0.2) is 0 Å². The normalized spacial score (nSPS) is 14.1. The van der Waals surface area contributed by atoms with Gasteiger partial charge in [-0.2, -0.15) is 0 Å². The van der Waals surface area contributed by atoms with E-state index in [-0.39, 0.29) is 0 Å². The molecular formula is C14H21ClN2O. The van der Waals surface area contributed by atoms with Crippen molar-refractivity contribution in [3.63, 3.8) is 0 Å². The standard InChI is InChI=1S/C14H21ClN2O/c1-10(2)17(5-4-16)9-12-8-13(15)7-11-3-6-18-14(11)12/h7-8,10H,3-6,9,16H2,1-2H3. The SMILES string of the molecule is CC(C)N(CCN)Cc1cc(Cl)cc2c1OCC2. The Morgan fingerprint density at radius 1 is 1.44 bits per heavy atom. The average Bonchev–Trinajstić information content (AvgIpc) is 2.76. The second-order valence-corrected chi connectivity index (χ2v) is 5.44. The third kappa shape index (κ3) is 2.97. The van der Waals surface area contributed by atoms with Crippen LogP contribution in [0.15, 0.2) is 12.1 Å². The van der Waals surface area contributed by atoms with E-state index in [1.165, 1.54) is 11.1 Å². The summed E-state index contributed by atoms with van der Waals surface area (Å²) in [6, 6.07) is 4.48. The molecule has 18 heavy (non-hydrogen) atoms. The van der Waals surface area contributed by atoms with Gasteiger partial charge < -0.3 is 10.5 Å². The topological polar surface area (TPSA) is 38.5 Å². The van der Waals surface area contributed by atoms with E-state index >= 15 is 0 Å². The van der Waals surface area contributed by atoms with Crippen molar-refractivity contribution in [3.8, 4) is 5.75 Å². The van der Waals surface area contributed by atoms with Crippen LogP contribution in [-0.4, -0.2) is 30.6 Å². The zero-order valence-electron chi connectivity index (χ0n) is 11.1. The molecule has 0 saturated heterocycles. The van der Waals surface area contributed by atoms with E-state index < -0.39 is 0 Å². The van der Waals surface area contributed by atoms with Crippen molar-refractivity contribution in [2.45, 2.75) is 32.9 Å². The molecule has 100 valence electrons. The Balaban J connectivity index is 2.22.